The molecule has 68 valence electrons. The summed E-state index contributed by atoms with van der Waals surface area (Å²) in [7, 11) is 0. The second kappa shape index (κ2) is 6.27. The maximum absolute atomic E-state index is 9.79. The molecule has 4 heteroatoms. The van der Waals surface area contributed by atoms with Crippen molar-refractivity contribution >= 4 is 6.29 Å². The zero-order valence-electron chi connectivity index (χ0n) is 5.77. The van der Waals surface area contributed by atoms with Gasteiger partial charge in [0.1, 0.15) is 12.4 Å². The SMILES string of the molecule is C.CC(O)C(O)C(O)CC=O. The Bertz CT molecular complexity index is 103. The number of aliphatic hydroxyl groups is 3. The molecule has 0 aromatic carbocycles. The minimum absolute atomic E-state index is 0. The molecule has 0 spiro atoms. The van der Waals surface area contributed by atoms with E-state index in [9.17, 15) is 4.79 Å². The van der Waals surface area contributed by atoms with E-state index >= 15 is 0 Å². The summed E-state index contributed by atoms with van der Waals surface area (Å²) in [6, 6.07) is 0. The van der Waals surface area contributed by atoms with Crippen LogP contribution in [0.25, 0.3) is 0 Å². The average molecular weight is 164 g/mol. The first kappa shape index (κ1) is 13.2. The Morgan fingerprint density at radius 2 is 1.82 bits per heavy atom. The van der Waals surface area contributed by atoms with Crippen LogP contribution in [0, 0.1) is 0 Å². The van der Waals surface area contributed by atoms with E-state index in [0.717, 1.165) is 0 Å². The molecule has 0 bridgehead atoms. The second-order valence-corrected chi connectivity index (χ2v) is 2.20. The van der Waals surface area contributed by atoms with Crippen LogP contribution in [-0.2, 0) is 4.79 Å². The molecule has 0 aromatic heterocycles. The van der Waals surface area contributed by atoms with Crippen molar-refractivity contribution in [1.82, 2.24) is 0 Å². The van der Waals surface area contributed by atoms with Gasteiger partial charge in [-0.1, -0.05) is 7.43 Å². The summed E-state index contributed by atoms with van der Waals surface area (Å²) in [6.45, 7) is 1.35. The summed E-state index contributed by atoms with van der Waals surface area (Å²) in [5, 5.41) is 26.4. The van der Waals surface area contributed by atoms with Gasteiger partial charge in [-0.15, -0.1) is 0 Å². The van der Waals surface area contributed by atoms with Crippen LogP contribution >= 0.6 is 0 Å². The summed E-state index contributed by atoms with van der Waals surface area (Å²) >= 11 is 0. The first-order chi connectivity index (χ1) is 4.59. The smallest absolute Gasteiger partial charge is 0.122 e. The van der Waals surface area contributed by atoms with Crippen molar-refractivity contribution in [2.24, 2.45) is 0 Å². The topological polar surface area (TPSA) is 77.8 Å². The maximum Gasteiger partial charge on any atom is 0.122 e. The van der Waals surface area contributed by atoms with Gasteiger partial charge in [-0.05, 0) is 6.92 Å². The monoisotopic (exact) mass is 164 g/mol. The summed E-state index contributed by atoms with van der Waals surface area (Å²) in [5.74, 6) is 0. The Labute approximate surface area is 66.5 Å². The third kappa shape index (κ3) is 4.89. The molecular formula is C7H16O4. The van der Waals surface area contributed by atoms with E-state index in [-0.39, 0.29) is 13.8 Å². The molecule has 0 saturated carbocycles. The second-order valence-electron chi connectivity index (χ2n) is 2.20. The highest BCUT2D eigenvalue weighted by atomic mass is 16.4. The summed E-state index contributed by atoms with van der Waals surface area (Å²) < 4.78 is 0. The zero-order valence-corrected chi connectivity index (χ0v) is 5.77. The lowest BCUT2D eigenvalue weighted by Gasteiger charge is -2.17. The third-order valence-electron chi connectivity index (χ3n) is 1.23. The molecule has 3 unspecified atom stereocenters. The van der Waals surface area contributed by atoms with Crippen LogP contribution in [-0.4, -0.2) is 39.9 Å². The number of hydrogen-bond acceptors (Lipinski definition) is 4. The van der Waals surface area contributed by atoms with Crippen LogP contribution in [0.15, 0.2) is 0 Å². The number of rotatable bonds is 4. The van der Waals surface area contributed by atoms with Crippen molar-refractivity contribution in [2.45, 2.75) is 39.1 Å². The summed E-state index contributed by atoms with van der Waals surface area (Å²) in [4.78, 5) is 9.79. The predicted molar refractivity (Wildman–Crippen MR) is 41.1 cm³/mol. The van der Waals surface area contributed by atoms with Crippen molar-refractivity contribution in [2.75, 3.05) is 0 Å². The molecule has 0 heterocycles. The van der Waals surface area contributed by atoms with Crippen molar-refractivity contribution in [3.05, 3.63) is 0 Å². The van der Waals surface area contributed by atoms with Gasteiger partial charge in [0.15, 0.2) is 0 Å². The predicted octanol–water partition coefficient (Wildman–Crippen LogP) is -0.686. The lowest BCUT2D eigenvalue weighted by atomic mass is 10.1. The molecule has 0 saturated heterocycles. The Morgan fingerprint density at radius 1 is 1.36 bits per heavy atom. The van der Waals surface area contributed by atoms with Crippen LogP contribution in [0.2, 0.25) is 0 Å². The van der Waals surface area contributed by atoms with Crippen LogP contribution in [0.1, 0.15) is 20.8 Å². The molecule has 0 radical (unpaired) electrons. The van der Waals surface area contributed by atoms with Gasteiger partial charge in [0.2, 0.25) is 0 Å². The molecule has 0 aliphatic carbocycles. The molecule has 0 amide bonds. The molecule has 0 aliphatic rings. The number of hydrogen-bond donors (Lipinski definition) is 3. The molecule has 4 nitrogen and oxygen atoms in total. The quantitative estimate of drug-likeness (QED) is 0.481. The first-order valence-corrected chi connectivity index (χ1v) is 3.07. The van der Waals surface area contributed by atoms with Crippen molar-refractivity contribution in [3.63, 3.8) is 0 Å². The number of carbonyl (C=O) groups is 1. The van der Waals surface area contributed by atoms with Crippen LogP contribution in [0.5, 0.6) is 0 Å². The Balaban J connectivity index is 0. The van der Waals surface area contributed by atoms with E-state index in [1.165, 1.54) is 6.92 Å². The largest absolute Gasteiger partial charge is 0.391 e. The Hall–Kier alpha value is -0.450. The van der Waals surface area contributed by atoms with E-state index < -0.39 is 18.3 Å². The molecular weight excluding hydrogens is 148 g/mol. The third-order valence-corrected chi connectivity index (χ3v) is 1.23. The molecule has 0 fully saturated rings. The maximum atomic E-state index is 9.79. The normalized spacial score (nSPS) is 17.8. The fourth-order valence-electron chi connectivity index (χ4n) is 0.560. The van der Waals surface area contributed by atoms with Gasteiger partial charge in [0.05, 0.1) is 12.2 Å². The summed E-state index contributed by atoms with van der Waals surface area (Å²) in [5.41, 5.74) is 0. The highest BCUT2D eigenvalue weighted by Crippen LogP contribution is 2.01. The zero-order chi connectivity index (χ0) is 8.15. The van der Waals surface area contributed by atoms with Gasteiger partial charge >= 0.3 is 0 Å². The molecule has 0 aromatic rings. The lowest BCUT2D eigenvalue weighted by Crippen LogP contribution is -2.35. The van der Waals surface area contributed by atoms with E-state index in [0.29, 0.717) is 6.29 Å². The van der Waals surface area contributed by atoms with Gasteiger partial charge in [0.25, 0.3) is 0 Å². The number of aliphatic hydroxyl groups excluding tert-OH is 3. The van der Waals surface area contributed by atoms with Gasteiger partial charge in [-0.25, -0.2) is 0 Å². The number of aldehydes is 1. The summed E-state index contributed by atoms with van der Waals surface area (Å²) in [6.07, 6.45) is -3.04. The van der Waals surface area contributed by atoms with Crippen LogP contribution in [0.4, 0.5) is 0 Å². The Morgan fingerprint density at radius 3 is 2.09 bits per heavy atom. The van der Waals surface area contributed by atoms with E-state index in [2.05, 4.69) is 0 Å². The molecule has 3 atom stereocenters. The van der Waals surface area contributed by atoms with Crippen LogP contribution < -0.4 is 0 Å². The molecule has 3 N–H and O–H groups in total. The molecule has 11 heavy (non-hydrogen) atoms. The lowest BCUT2D eigenvalue weighted by molar-refractivity contribution is -0.113. The standard InChI is InChI=1S/C6H12O4.CH4/c1-4(8)6(10)5(9)2-3-7;/h3-6,8-10H,2H2,1H3;1H4. The fraction of sp³-hybridized carbons (Fsp3) is 0.857. The highest BCUT2D eigenvalue weighted by Gasteiger charge is 2.19. The van der Waals surface area contributed by atoms with Crippen molar-refractivity contribution in [1.29, 1.82) is 0 Å². The number of carbonyl (C=O) groups excluding carboxylic acids is 1. The highest BCUT2D eigenvalue weighted by molar-refractivity contribution is 5.50. The van der Waals surface area contributed by atoms with E-state index in [4.69, 9.17) is 15.3 Å². The van der Waals surface area contributed by atoms with Crippen LogP contribution in [0.3, 0.4) is 0 Å². The first-order valence-electron chi connectivity index (χ1n) is 3.07. The minimum atomic E-state index is -1.23. The fourth-order valence-corrected chi connectivity index (χ4v) is 0.560. The van der Waals surface area contributed by atoms with Crippen molar-refractivity contribution in [3.8, 4) is 0 Å². The van der Waals surface area contributed by atoms with E-state index in [1.807, 2.05) is 0 Å². The minimum Gasteiger partial charge on any atom is -0.391 e. The average Bonchev–Trinajstić information content (AvgIpc) is 1.87. The van der Waals surface area contributed by atoms with Gasteiger partial charge < -0.3 is 20.1 Å². The molecule has 0 aliphatic heterocycles. The Kier molecular flexibility index (Phi) is 7.51. The van der Waals surface area contributed by atoms with Gasteiger partial charge in [0, 0.05) is 6.42 Å². The van der Waals surface area contributed by atoms with E-state index in [1.54, 1.807) is 0 Å². The van der Waals surface area contributed by atoms with Gasteiger partial charge in [-0.2, -0.15) is 0 Å². The molecule has 0 rings (SSSR count). The van der Waals surface area contributed by atoms with Crippen molar-refractivity contribution < 1.29 is 20.1 Å². The van der Waals surface area contributed by atoms with Gasteiger partial charge in [-0.3, -0.25) is 0 Å².